The van der Waals surface area contributed by atoms with Gasteiger partial charge in [0.25, 0.3) is 0 Å². The molecule has 0 aliphatic carbocycles. The van der Waals surface area contributed by atoms with Gasteiger partial charge in [-0.2, -0.15) is 0 Å². The van der Waals surface area contributed by atoms with E-state index in [0.717, 1.165) is 4.31 Å². The van der Waals surface area contributed by atoms with E-state index in [9.17, 15) is 13.2 Å². The number of hydrogen-bond acceptors (Lipinski definition) is 5. The van der Waals surface area contributed by atoms with Crippen molar-refractivity contribution in [2.75, 3.05) is 19.8 Å². The maximum Gasteiger partial charge on any atom is 0.244 e. The minimum absolute atomic E-state index is 0.0581. The topological polar surface area (TPSA) is 109 Å². The Bertz CT molecular complexity index is 1020. The molecular formula is C16H16N4O3S. The molecule has 0 amide bonds. The number of benzene rings is 2. The van der Waals surface area contributed by atoms with Gasteiger partial charge in [0.05, 0.1) is 5.52 Å². The minimum Gasteiger partial charge on any atom is -0.369 e. The molecule has 0 aliphatic heterocycles. The molecule has 1 heterocycles. The molecule has 0 atom stereocenters. The molecule has 8 heteroatoms. The average Bonchev–Trinajstić information content (AvgIpc) is 2.93. The molecule has 0 saturated carbocycles. The van der Waals surface area contributed by atoms with Crippen molar-refractivity contribution in [2.24, 2.45) is 0 Å². The van der Waals surface area contributed by atoms with Crippen molar-refractivity contribution in [3.63, 3.8) is 0 Å². The standard InChI is InChI=1S/C16H16N4O3S/c1-20(2)24(22,23)13-9-11(8-12-14(13)19-16(17)18-12)15(21)10-6-4-3-5-7-10/h3-9H,1-2H3,(H3,17,18,19). The van der Waals surface area contributed by atoms with Crippen LogP contribution in [0.15, 0.2) is 47.4 Å². The van der Waals surface area contributed by atoms with Crippen molar-refractivity contribution < 1.29 is 13.2 Å². The molecular weight excluding hydrogens is 328 g/mol. The fourth-order valence-corrected chi connectivity index (χ4v) is 3.45. The van der Waals surface area contributed by atoms with Crippen LogP contribution in [0, 0.1) is 0 Å². The third-order valence-electron chi connectivity index (χ3n) is 3.63. The van der Waals surface area contributed by atoms with E-state index in [4.69, 9.17) is 5.73 Å². The van der Waals surface area contributed by atoms with E-state index < -0.39 is 10.0 Å². The summed E-state index contributed by atoms with van der Waals surface area (Å²) >= 11 is 0. The summed E-state index contributed by atoms with van der Waals surface area (Å²) in [6.45, 7) is 0. The van der Waals surface area contributed by atoms with E-state index in [1.807, 2.05) is 0 Å². The van der Waals surface area contributed by atoms with Crippen LogP contribution in [0.1, 0.15) is 15.9 Å². The van der Waals surface area contributed by atoms with Crippen LogP contribution in [-0.2, 0) is 10.0 Å². The van der Waals surface area contributed by atoms with Crippen LogP contribution in [0.2, 0.25) is 0 Å². The van der Waals surface area contributed by atoms with Crippen LogP contribution in [0.5, 0.6) is 0 Å². The summed E-state index contributed by atoms with van der Waals surface area (Å²) in [5, 5.41) is 0. The smallest absolute Gasteiger partial charge is 0.244 e. The Morgan fingerprint density at radius 3 is 2.42 bits per heavy atom. The number of fused-ring (bicyclic) bond motifs is 1. The van der Waals surface area contributed by atoms with Gasteiger partial charge in [0, 0.05) is 25.2 Å². The minimum atomic E-state index is -3.79. The molecule has 0 aliphatic rings. The molecule has 0 spiro atoms. The van der Waals surface area contributed by atoms with Crippen molar-refractivity contribution >= 4 is 32.8 Å². The zero-order valence-corrected chi connectivity index (χ0v) is 14.0. The Kier molecular flexibility index (Phi) is 3.86. The number of H-pyrrole nitrogens is 1. The normalized spacial score (nSPS) is 12.0. The Morgan fingerprint density at radius 1 is 1.12 bits per heavy atom. The summed E-state index contributed by atoms with van der Waals surface area (Å²) in [5.41, 5.74) is 6.99. The van der Waals surface area contributed by atoms with Gasteiger partial charge in [-0.3, -0.25) is 4.79 Å². The maximum absolute atomic E-state index is 12.7. The first-order valence-electron chi connectivity index (χ1n) is 7.12. The van der Waals surface area contributed by atoms with Crippen LogP contribution in [0.4, 0.5) is 5.95 Å². The number of ketones is 1. The molecule has 0 fully saturated rings. The Morgan fingerprint density at radius 2 is 1.79 bits per heavy atom. The Balaban J connectivity index is 2.27. The summed E-state index contributed by atoms with van der Waals surface area (Å²) in [6.07, 6.45) is 0. The van der Waals surface area contributed by atoms with Gasteiger partial charge in [-0.05, 0) is 12.1 Å². The monoisotopic (exact) mass is 344 g/mol. The van der Waals surface area contributed by atoms with E-state index >= 15 is 0 Å². The third-order valence-corrected chi connectivity index (χ3v) is 5.46. The van der Waals surface area contributed by atoms with Crippen LogP contribution >= 0.6 is 0 Å². The van der Waals surface area contributed by atoms with Gasteiger partial charge in [-0.15, -0.1) is 0 Å². The number of carbonyl (C=O) groups excluding carboxylic acids is 1. The van der Waals surface area contributed by atoms with E-state index in [2.05, 4.69) is 9.97 Å². The number of nitrogens with one attached hydrogen (secondary N) is 1. The van der Waals surface area contributed by atoms with E-state index in [1.54, 1.807) is 36.4 Å². The first-order valence-corrected chi connectivity index (χ1v) is 8.56. The lowest BCUT2D eigenvalue weighted by Gasteiger charge is -2.13. The van der Waals surface area contributed by atoms with Gasteiger partial charge < -0.3 is 10.7 Å². The van der Waals surface area contributed by atoms with Crippen LogP contribution in [0.3, 0.4) is 0 Å². The highest BCUT2D eigenvalue weighted by Gasteiger charge is 2.25. The number of nitrogens with two attached hydrogens (primary N) is 1. The number of aromatic nitrogens is 2. The highest BCUT2D eigenvalue weighted by atomic mass is 32.2. The van der Waals surface area contributed by atoms with E-state index in [-0.39, 0.29) is 27.7 Å². The second kappa shape index (κ2) is 5.73. The van der Waals surface area contributed by atoms with Gasteiger partial charge in [0.15, 0.2) is 11.7 Å². The number of aromatic amines is 1. The lowest BCUT2D eigenvalue weighted by molar-refractivity contribution is 0.103. The molecule has 0 radical (unpaired) electrons. The van der Waals surface area contributed by atoms with Crippen molar-refractivity contribution in [3.05, 3.63) is 53.6 Å². The van der Waals surface area contributed by atoms with Gasteiger partial charge in [-0.1, -0.05) is 30.3 Å². The molecule has 3 rings (SSSR count). The predicted molar refractivity (Wildman–Crippen MR) is 91.3 cm³/mol. The van der Waals surface area contributed by atoms with E-state index in [0.29, 0.717) is 11.1 Å². The van der Waals surface area contributed by atoms with Crippen molar-refractivity contribution in [1.82, 2.24) is 14.3 Å². The molecule has 24 heavy (non-hydrogen) atoms. The van der Waals surface area contributed by atoms with Gasteiger partial charge in [0.2, 0.25) is 10.0 Å². The second-order valence-electron chi connectivity index (χ2n) is 5.48. The first kappa shape index (κ1) is 16.2. The predicted octanol–water partition coefficient (Wildman–Crippen LogP) is 1.63. The summed E-state index contributed by atoms with van der Waals surface area (Å²) in [4.78, 5) is 19.4. The molecule has 0 unspecified atom stereocenters. The molecule has 124 valence electrons. The lowest BCUT2D eigenvalue weighted by atomic mass is 10.0. The number of nitrogen functional groups attached to an aromatic ring is 1. The lowest BCUT2D eigenvalue weighted by Crippen LogP contribution is -2.23. The number of rotatable bonds is 4. The molecule has 7 nitrogen and oxygen atoms in total. The Labute approximate surface area is 139 Å². The highest BCUT2D eigenvalue weighted by Crippen LogP contribution is 2.27. The second-order valence-corrected chi connectivity index (χ2v) is 7.60. The van der Waals surface area contributed by atoms with Crippen LogP contribution < -0.4 is 5.73 Å². The summed E-state index contributed by atoms with van der Waals surface area (Å²) < 4.78 is 26.2. The highest BCUT2D eigenvalue weighted by molar-refractivity contribution is 7.89. The molecule has 0 saturated heterocycles. The van der Waals surface area contributed by atoms with Crippen molar-refractivity contribution in [2.45, 2.75) is 4.90 Å². The largest absolute Gasteiger partial charge is 0.369 e. The maximum atomic E-state index is 12.7. The molecule has 3 N–H and O–H groups in total. The van der Waals surface area contributed by atoms with Gasteiger partial charge >= 0.3 is 0 Å². The number of carbonyl (C=O) groups is 1. The number of nitrogens with zero attached hydrogens (tertiary/aromatic N) is 2. The number of anilines is 1. The molecule has 2 aromatic carbocycles. The van der Waals surface area contributed by atoms with Crippen LogP contribution in [-0.4, -0.2) is 42.6 Å². The molecule has 1 aromatic heterocycles. The first-order chi connectivity index (χ1) is 11.3. The van der Waals surface area contributed by atoms with Crippen molar-refractivity contribution in [1.29, 1.82) is 0 Å². The zero-order valence-electron chi connectivity index (χ0n) is 13.1. The van der Waals surface area contributed by atoms with E-state index in [1.165, 1.54) is 20.2 Å². The summed E-state index contributed by atoms with van der Waals surface area (Å²) in [6, 6.07) is 11.5. The summed E-state index contributed by atoms with van der Waals surface area (Å²) in [5.74, 6) is -0.189. The zero-order chi connectivity index (χ0) is 17.5. The Hall–Kier alpha value is -2.71. The number of sulfonamides is 1. The summed E-state index contributed by atoms with van der Waals surface area (Å²) in [7, 11) is -0.946. The average molecular weight is 344 g/mol. The fraction of sp³-hybridized carbons (Fsp3) is 0.125. The number of hydrogen-bond donors (Lipinski definition) is 2. The third kappa shape index (κ3) is 2.66. The van der Waals surface area contributed by atoms with Gasteiger partial charge in [0.1, 0.15) is 10.4 Å². The van der Waals surface area contributed by atoms with Gasteiger partial charge in [-0.25, -0.2) is 17.7 Å². The fourth-order valence-electron chi connectivity index (χ4n) is 2.39. The number of imidazole rings is 1. The molecule has 0 bridgehead atoms. The molecule has 3 aromatic rings. The van der Waals surface area contributed by atoms with Crippen LogP contribution in [0.25, 0.3) is 11.0 Å². The van der Waals surface area contributed by atoms with Crippen molar-refractivity contribution in [3.8, 4) is 0 Å². The SMILES string of the molecule is CN(C)S(=O)(=O)c1cc(C(=O)c2ccccc2)cc2[nH]c(N)nc12. The quantitative estimate of drug-likeness (QED) is 0.699.